The third kappa shape index (κ3) is 2.78. The Bertz CT molecular complexity index is 221. The second-order valence-corrected chi connectivity index (χ2v) is 6.18. The molecule has 0 saturated heterocycles. The van der Waals surface area contributed by atoms with Gasteiger partial charge < -0.3 is 5.73 Å². The van der Waals surface area contributed by atoms with Crippen LogP contribution < -0.4 is 5.73 Å². The molecule has 0 radical (unpaired) electrons. The minimum atomic E-state index is 0.266. The Labute approximate surface area is 101 Å². The van der Waals surface area contributed by atoms with Crippen LogP contribution in [-0.2, 0) is 0 Å². The van der Waals surface area contributed by atoms with Crippen molar-refractivity contribution >= 4 is 0 Å². The van der Waals surface area contributed by atoms with Gasteiger partial charge in [0.15, 0.2) is 0 Å². The van der Waals surface area contributed by atoms with Crippen LogP contribution in [0.2, 0.25) is 0 Å². The largest absolute Gasteiger partial charge is 0.329 e. The van der Waals surface area contributed by atoms with E-state index >= 15 is 0 Å². The van der Waals surface area contributed by atoms with Crippen LogP contribution in [0.4, 0.5) is 0 Å². The van der Waals surface area contributed by atoms with E-state index in [0.717, 1.165) is 24.9 Å². The molecular weight excluding hydrogens is 196 g/mol. The molecule has 0 heterocycles. The molecule has 2 rings (SSSR count). The molecule has 1 unspecified atom stereocenters. The summed E-state index contributed by atoms with van der Waals surface area (Å²) in [7, 11) is 0. The van der Waals surface area contributed by atoms with E-state index in [1.807, 2.05) is 0 Å². The minimum Gasteiger partial charge on any atom is -0.329 e. The van der Waals surface area contributed by atoms with Crippen LogP contribution in [0.15, 0.2) is 0 Å². The van der Waals surface area contributed by atoms with Crippen molar-refractivity contribution in [1.82, 2.24) is 4.90 Å². The molecule has 0 aliphatic heterocycles. The van der Waals surface area contributed by atoms with E-state index in [1.54, 1.807) is 0 Å². The lowest BCUT2D eigenvalue weighted by Crippen LogP contribution is -2.53. The van der Waals surface area contributed by atoms with Crippen LogP contribution in [-0.4, -0.2) is 30.1 Å². The lowest BCUT2D eigenvalue weighted by molar-refractivity contribution is 0.0683. The summed E-state index contributed by atoms with van der Waals surface area (Å²) in [6, 6.07) is 0. The van der Waals surface area contributed by atoms with Gasteiger partial charge in [0.1, 0.15) is 0 Å². The van der Waals surface area contributed by atoms with Gasteiger partial charge in [-0.25, -0.2) is 0 Å². The van der Waals surface area contributed by atoms with E-state index in [1.165, 1.54) is 45.1 Å². The summed E-state index contributed by atoms with van der Waals surface area (Å²) < 4.78 is 0. The normalized spacial score (nSPS) is 25.5. The van der Waals surface area contributed by atoms with Crippen molar-refractivity contribution in [3.8, 4) is 0 Å². The Morgan fingerprint density at radius 1 is 1.19 bits per heavy atom. The van der Waals surface area contributed by atoms with Gasteiger partial charge in [0.05, 0.1) is 0 Å². The van der Waals surface area contributed by atoms with Gasteiger partial charge in [-0.1, -0.05) is 26.2 Å². The fraction of sp³-hybridized carbons (Fsp3) is 1.00. The van der Waals surface area contributed by atoms with Gasteiger partial charge in [-0.2, -0.15) is 0 Å². The fourth-order valence-corrected chi connectivity index (χ4v) is 3.00. The standard InChI is InChI=1S/C14H28N2/c1-3-16(10-13-7-8-13)14(2,11-15)9-12-5-4-6-12/h12-13H,3-11,15H2,1-2H3. The molecule has 94 valence electrons. The molecule has 2 N–H and O–H groups in total. The van der Waals surface area contributed by atoms with Crippen molar-refractivity contribution in [3.05, 3.63) is 0 Å². The van der Waals surface area contributed by atoms with Gasteiger partial charge in [0, 0.05) is 18.6 Å². The highest BCUT2D eigenvalue weighted by molar-refractivity contribution is 4.93. The van der Waals surface area contributed by atoms with Crippen molar-refractivity contribution < 1.29 is 0 Å². The number of nitrogens with zero attached hydrogens (tertiary/aromatic N) is 1. The van der Waals surface area contributed by atoms with E-state index in [9.17, 15) is 0 Å². The summed E-state index contributed by atoms with van der Waals surface area (Å²) in [5.74, 6) is 1.94. The second kappa shape index (κ2) is 5.05. The molecule has 1 atom stereocenters. The van der Waals surface area contributed by atoms with Crippen molar-refractivity contribution in [3.63, 3.8) is 0 Å². The third-order valence-electron chi connectivity index (χ3n) is 4.71. The number of hydrogen-bond acceptors (Lipinski definition) is 2. The van der Waals surface area contributed by atoms with Crippen LogP contribution >= 0.6 is 0 Å². The first-order chi connectivity index (χ1) is 7.68. The Balaban J connectivity index is 1.91. The maximum Gasteiger partial charge on any atom is 0.0306 e. The first kappa shape index (κ1) is 12.4. The van der Waals surface area contributed by atoms with Gasteiger partial charge >= 0.3 is 0 Å². The molecule has 0 aromatic carbocycles. The molecule has 2 fully saturated rings. The quantitative estimate of drug-likeness (QED) is 0.720. The lowest BCUT2D eigenvalue weighted by Gasteiger charge is -2.44. The van der Waals surface area contributed by atoms with Crippen molar-refractivity contribution in [2.45, 2.75) is 57.9 Å². The number of rotatable bonds is 7. The molecule has 0 aromatic heterocycles. The topological polar surface area (TPSA) is 29.3 Å². The molecule has 2 heteroatoms. The van der Waals surface area contributed by atoms with Crippen molar-refractivity contribution in [2.24, 2.45) is 17.6 Å². The van der Waals surface area contributed by atoms with E-state index in [4.69, 9.17) is 5.73 Å². The summed E-state index contributed by atoms with van der Waals surface area (Å²) in [6.45, 7) is 7.95. The predicted molar refractivity (Wildman–Crippen MR) is 69.4 cm³/mol. The molecule has 2 nitrogen and oxygen atoms in total. The molecule has 2 saturated carbocycles. The molecule has 0 spiro atoms. The fourth-order valence-electron chi connectivity index (χ4n) is 3.00. The van der Waals surface area contributed by atoms with Crippen LogP contribution in [0.3, 0.4) is 0 Å². The zero-order valence-electron chi connectivity index (χ0n) is 11.0. The minimum absolute atomic E-state index is 0.266. The Kier molecular flexibility index (Phi) is 3.91. The monoisotopic (exact) mass is 224 g/mol. The summed E-state index contributed by atoms with van der Waals surface area (Å²) in [4.78, 5) is 2.66. The lowest BCUT2D eigenvalue weighted by atomic mass is 9.76. The van der Waals surface area contributed by atoms with E-state index in [0.29, 0.717) is 0 Å². The van der Waals surface area contributed by atoms with Crippen LogP contribution in [0.1, 0.15) is 52.4 Å². The molecular formula is C14H28N2. The smallest absolute Gasteiger partial charge is 0.0306 e. The summed E-state index contributed by atoms with van der Waals surface area (Å²) in [5.41, 5.74) is 6.33. The number of likely N-dealkylation sites (N-methyl/N-ethyl adjacent to an activating group) is 1. The molecule has 0 amide bonds. The first-order valence-electron chi connectivity index (χ1n) is 7.13. The third-order valence-corrected chi connectivity index (χ3v) is 4.71. The maximum absolute atomic E-state index is 6.07. The molecule has 2 aliphatic rings. The van der Waals surface area contributed by atoms with Gasteiger partial charge in [-0.05, 0) is 44.6 Å². The average Bonchev–Trinajstić information content (AvgIpc) is 3.03. The van der Waals surface area contributed by atoms with Gasteiger partial charge in [-0.3, -0.25) is 4.90 Å². The van der Waals surface area contributed by atoms with Crippen molar-refractivity contribution in [1.29, 1.82) is 0 Å². The zero-order valence-corrected chi connectivity index (χ0v) is 11.0. The van der Waals surface area contributed by atoms with Crippen LogP contribution in [0.25, 0.3) is 0 Å². The van der Waals surface area contributed by atoms with Gasteiger partial charge in [-0.15, -0.1) is 0 Å². The van der Waals surface area contributed by atoms with Crippen LogP contribution in [0.5, 0.6) is 0 Å². The van der Waals surface area contributed by atoms with Crippen molar-refractivity contribution in [2.75, 3.05) is 19.6 Å². The van der Waals surface area contributed by atoms with Gasteiger partial charge in [0.2, 0.25) is 0 Å². The Hall–Kier alpha value is -0.0800. The molecule has 16 heavy (non-hydrogen) atoms. The summed E-state index contributed by atoms with van der Waals surface area (Å²) in [5, 5.41) is 0. The average molecular weight is 224 g/mol. The van der Waals surface area contributed by atoms with Crippen LogP contribution in [0, 0.1) is 11.8 Å². The van der Waals surface area contributed by atoms with E-state index in [-0.39, 0.29) is 5.54 Å². The highest BCUT2D eigenvalue weighted by Crippen LogP contribution is 2.38. The maximum atomic E-state index is 6.07. The summed E-state index contributed by atoms with van der Waals surface area (Å²) >= 11 is 0. The number of hydrogen-bond donors (Lipinski definition) is 1. The van der Waals surface area contributed by atoms with E-state index < -0.39 is 0 Å². The second-order valence-electron chi connectivity index (χ2n) is 6.18. The SMILES string of the molecule is CCN(CC1CC1)C(C)(CN)CC1CCC1. The molecule has 2 aliphatic carbocycles. The zero-order chi connectivity index (χ0) is 11.6. The first-order valence-corrected chi connectivity index (χ1v) is 7.13. The number of nitrogens with two attached hydrogens (primary N) is 1. The Morgan fingerprint density at radius 2 is 1.88 bits per heavy atom. The Morgan fingerprint density at radius 3 is 2.25 bits per heavy atom. The molecule has 0 bridgehead atoms. The summed E-state index contributed by atoms with van der Waals surface area (Å²) in [6.07, 6.45) is 8.54. The van der Waals surface area contributed by atoms with E-state index in [2.05, 4.69) is 18.7 Å². The highest BCUT2D eigenvalue weighted by atomic mass is 15.2. The highest BCUT2D eigenvalue weighted by Gasteiger charge is 2.36. The predicted octanol–water partition coefficient (Wildman–Crippen LogP) is 2.63. The molecule has 0 aromatic rings. The van der Waals surface area contributed by atoms with Gasteiger partial charge in [0.25, 0.3) is 0 Å².